The summed E-state index contributed by atoms with van der Waals surface area (Å²) in [6.45, 7) is 7.60. The summed E-state index contributed by atoms with van der Waals surface area (Å²) in [7, 11) is 0. The SMILES string of the molecule is CC(C)(C)OC(=O)N1CCO[C@H](CN)[C@H](c2ccccc2)C1. The molecule has 1 amide bonds. The van der Waals surface area contributed by atoms with Gasteiger partial charge in [-0.3, -0.25) is 0 Å². The van der Waals surface area contributed by atoms with Gasteiger partial charge in [-0.05, 0) is 26.3 Å². The molecule has 122 valence electrons. The van der Waals surface area contributed by atoms with Crippen molar-refractivity contribution in [1.29, 1.82) is 0 Å². The van der Waals surface area contributed by atoms with Crippen molar-refractivity contribution in [3.63, 3.8) is 0 Å². The largest absolute Gasteiger partial charge is 0.444 e. The summed E-state index contributed by atoms with van der Waals surface area (Å²) in [5, 5.41) is 0. The Hall–Kier alpha value is -1.59. The second-order valence-electron chi connectivity index (χ2n) is 6.59. The van der Waals surface area contributed by atoms with Crippen molar-refractivity contribution < 1.29 is 14.3 Å². The number of benzene rings is 1. The minimum atomic E-state index is -0.500. The highest BCUT2D eigenvalue weighted by Crippen LogP contribution is 2.26. The molecule has 1 aliphatic heterocycles. The van der Waals surface area contributed by atoms with Crippen LogP contribution in [-0.4, -0.2) is 48.9 Å². The minimum absolute atomic E-state index is 0.0567. The summed E-state index contributed by atoms with van der Waals surface area (Å²) in [6, 6.07) is 10.1. The summed E-state index contributed by atoms with van der Waals surface area (Å²) in [4.78, 5) is 14.1. The molecule has 0 aliphatic carbocycles. The Labute approximate surface area is 132 Å². The number of rotatable bonds is 2. The van der Waals surface area contributed by atoms with E-state index in [2.05, 4.69) is 12.1 Å². The molecule has 0 bridgehead atoms. The smallest absolute Gasteiger partial charge is 0.410 e. The van der Waals surface area contributed by atoms with Gasteiger partial charge in [-0.2, -0.15) is 0 Å². The summed E-state index contributed by atoms with van der Waals surface area (Å²) in [5.74, 6) is 0.0567. The molecule has 0 saturated carbocycles. The van der Waals surface area contributed by atoms with Gasteiger partial charge in [0.15, 0.2) is 0 Å². The number of hydrogen-bond acceptors (Lipinski definition) is 4. The number of nitrogens with zero attached hydrogens (tertiary/aromatic N) is 1. The summed E-state index contributed by atoms with van der Waals surface area (Å²) < 4.78 is 11.3. The highest BCUT2D eigenvalue weighted by Gasteiger charge is 2.32. The van der Waals surface area contributed by atoms with E-state index in [0.717, 1.165) is 5.56 Å². The summed E-state index contributed by atoms with van der Waals surface area (Å²) >= 11 is 0. The molecule has 1 aromatic rings. The molecular formula is C17H26N2O3. The third kappa shape index (κ3) is 4.45. The first-order valence-corrected chi connectivity index (χ1v) is 7.75. The number of carbonyl (C=O) groups excluding carboxylic acids is 1. The van der Waals surface area contributed by atoms with Gasteiger partial charge in [0.2, 0.25) is 0 Å². The zero-order valence-corrected chi connectivity index (χ0v) is 13.6. The first kappa shape index (κ1) is 16.8. The van der Waals surface area contributed by atoms with E-state index in [1.165, 1.54) is 0 Å². The van der Waals surface area contributed by atoms with Crippen molar-refractivity contribution in [2.24, 2.45) is 5.73 Å². The molecule has 5 heteroatoms. The molecule has 2 atom stereocenters. The average Bonchev–Trinajstić information content (AvgIpc) is 2.68. The summed E-state index contributed by atoms with van der Waals surface area (Å²) in [5.41, 5.74) is 6.50. The van der Waals surface area contributed by atoms with E-state index in [-0.39, 0.29) is 18.1 Å². The van der Waals surface area contributed by atoms with E-state index < -0.39 is 5.60 Å². The fourth-order valence-electron chi connectivity index (χ4n) is 2.62. The van der Waals surface area contributed by atoms with Gasteiger partial charge in [0.25, 0.3) is 0 Å². The highest BCUT2D eigenvalue weighted by molar-refractivity contribution is 5.68. The van der Waals surface area contributed by atoms with Gasteiger partial charge in [-0.25, -0.2) is 4.79 Å². The van der Waals surface area contributed by atoms with Crippen LogP contribution in [-0.2, 0) is 9.47 Å². The van der Waals surface area contributed by atoms with Gasteiger partial charge < -0.3 is 20.1 Å². The van der Waals surface area contributed by atoms with Crippen LogP contribution in [0.1, 0.15) is 32.3 Å². The predicted octanol–water partition coefficient (Wildman–Crippen LogP) is 2.36. The standard InChI is InChI=1S/C17H26N2O3/c1-17(2,3)22-16(20)19-9-10-21-15(11-18)14(12-19)13-7-5-4-6-8-13/h4-8,14-15H,9-12,18H2,1-3H3/t14-,15+/m0/s1. The molecule has 0 spiro atoms. The van der Waals surface area contributed by atoms with E-state index in [1.54, 1.807) is 4.90 Å². The molecule has 1 aliphatic rings. The highest BCUT2D eigenvalue weighted by atomic mass is 16.6. The van der Waals surface area contributed by atoms with Gasteiger partial charge in [0.05, 0.1) is 12.7 Å². The quantitative estimate of drug-likeness (QED) is 0.911. The molecule has 1 saturated heterocycles. The second-order valence-corrected chi connectivity index (χ2v) is 6.59. The van der Waals surface area contributed by atoms with Gasteiger partial charge in [-0.15, -0.1) is 0 Å². The van der Waals surface area contributed by atoms with Crippen molar-refractivity contribution >= 4 is 6.09 Å². The third-order valence-corrected chi connectivity index (χ3v) is 3.67. The first-order valence-electron chi connectivity index (χ1n) is 7.75. The van der Waals surface area contributed by atoms with Crippen LogP contribution in [0.2, 0.25) is 0 Å². The molecule has 1 fully saturated rings. The Morgan fingerprint density at radius 2 is 2.05 bits per heavy atom. The van der Waals surface area contributed by atoms with E-state index in [0.29, 0.717) is 26.2 Å². The first-order chi connectivity index (χ1) is 10.4. The number of carbonyl (C=O) groups is 1. The molecule has 2 rings (SSSR count). The van der Waals surface area contributed by atoms with Crippen molar-refractivity contribution in [1.82, 2.24) is 4.90 Å². The Morgan fingerprint density at radius 1 is 1.36 bits per heavy atom. The molecule has 1 aromatic carbocycles. The maximum absolute atomic E-state index is 12.4. The molecule has 0 aromatic heterocycles. The number of amides is 1. The lowest BCUT2D eigenvalue weighted by Crippen LogP contribution is -2.40. The molecule has 22 heavy (non-hydrogen) atoms. The number of hydrogen-bond donors (Lipinski definition) is 1. The molecule has 5 nitrogen and oxygen atoms in total. The third-order valence-electron chi connectivity index (χ3n) is 3.67. The summed E-state index contributed by atoms with van der Waals surface area (Å²) in [6.07, 6.45) is -0.385. The average molecular weight is 306 g/mol. The normalized spacial score (nSPS) is 23.0. The van der Waals surface area contributed by atoms with Crippen molar-refractivity contribution in [3.05, 3.63) is 35.9 Å². The topological polar surface area (TPSA) is 64.8 Å². The maximum atomic E-state index is 12.4. The Bertz CT molecular complexity index is 484. The van der Waals surface area contributed by atoms with Crippen LogP contribution in [0.4, 0.5) is 4.79 Å². The van der Waals surface area contributed by atoms with Crippen LogP contribution in [0.25, 0.3) is 0 Å². The fourth-order valence-corrected chi connectivity index (χ4v) is 2.62. The van der Waals surface area contributed by atoms with Crippen LogP contribution in [0.5, 0.6) is 0 Å². The van der Waals surface area contributed by atoms with Crippen molar-refractivity contribution in [2.75, 3.05) is 26.2 Å². The van der Waals surface area contributed by atoms with Gasteiger partial charge in [-0.1, -0.05) is 30.3 Å². The zero-order chi connectivity index (χ0) is 16.2. The Morgan fingerprint density at radius 3 is 2.64 bits per heavy atom. The molecular weight excluding hydrogens is 280 g/mol. The van der Waals surface area contributed by atoms with Gasteiger partial charge in [0, 0.05) is 25.6 Å². The van der Waals surface area contributed by atoms with Crippen LogP contribution in [0.15, 0.2) is 30.3 Å². The molecule has 1 heterocycles. The van der Waals surface area contributed by atoms with Crippen molar-refractivity contribution in [2.45, 2.75) is 38.4 Å². The monoisotopic (exact) mass is 306 g/mol. The lowest BCUT2D eigenvalue weighted by Gasteiger charge is -2.29. The van der Waals surface area contributed by atoms with E-state index in [4.69, 9.17) is 15.2 Å². The second kappa shape index (κ2) is 7.11. The van der Waals surface area contributed by atoms with Crippen molar-refractivity contribution in [3.8, 4) is 0 Å². The minimum Gasteiger partial charge on any atom is -0.444 e. The number of ether oxygens (including phenoxy) is 2. The van der Waals surface area contributed by atoms with E-state index >= 15 is 0 Å². The van der Waals surface area contributed by atoms with Gasteiger partial charge >= 0.3 is 6.09 Å². The molecule has 2 N–H and O–H groups in total. The number of nitrogens with two attached hydrogens (primary N) is 1. The van der Waals surface area contributed by atoms with E-state index in [1.807, 2.05) is 39.0 Å². The van der Waals surface area contributed by atoms with Crippen LogP contribution < -0.4 is 5.73 Å². The molecule has 0 unspecified atom stereocenters. The predicted molar refractivity (Wildman–Crippen MR) is 85.8 cm³/mol. The Kier molecular flexibility index (Phi) is 5.42. The fraction of sp³-hybridized carbons (Fsp3) is 0.588. The van der Waals surface area contributed by atoms with Crippen LogP contribution in [0, 0.1) is 0 Å². The van der Waals surface area contributed by atoms with Gasteiger partial charge in [0.1, 0.15) is 5.60 Å². The zero-order valence-electron chi connectivity index (χ0n) is 13.6. The molecule has 0 radical (unpaired) electrons. The lowest BCUT2D eigenvalue weighted by molar-refractivity contribution is 0.0233. The maximum Gasteiger partial charge on any atom is 0.410 e. The lowest BCUT2D eigenvalue weighted by atomic mass is 9.93. The van der Waals surface area contributed by atoms with Crippen LogP contribution >= 0.6 is 0 Å². The Balaban J connectivity index is 2.17. The van der Waals surface area contributed by atoms with Crippen LogP contribution in [0.3, 0.4) is 0 Å². The van der Waals surface area contributed by atoms with E-state index in [9.17, 15) is 4.79 Å².